The number of fused-ring (bicyclic) bond motifs is 1. The summed E-state index contributed by atoms with van der Waals surface area (Å²) < 4.78 is 29.9. The van der Waals surface area contributed by atoms with Crippen LogP contribution in [0.1, 0.15) is 47.5 Å². The van der Waals surface area contributed by atoms with Crippen molar-refractivity contribution in [3.05, 3.63) is 46.3 Å². The van der Waals surface area contributed by atoms with Crippen LogP contribution in [-0.4, -0.2) is 50.0 Å². The molecule has 0 unspecified atom stereocenters. The molecule has 2 aromatic rings. The molecule has 1 N–H and O–H groups in total. The Hall–Kier alpha value is -2.72. The van der Waals surface area contributed by atoms with Crippen LogP contribution in [0, 0.1) is 0 Å². The molecule has 1 aromatic heterocycles. The number of esters is 1. The minimum Gasteiger partial charge on any atom is -0.462 e. The number of hydrogen-bond acceptors (Lipinski definition) is 7. The lowest BCUT2D eigenvalue weighted by molar-refractivity contribution is -0.129. The standard InChI is InChI=1S/C22H26N2O6S2/c1-3-30-22(27)20-17-11-12-24(15(2)25)14-18(17)31-21(20)23-19(26)10-7-13-32(28,29)16-8-5-4-6-9-16/h4-6,8-9H,3,7,10-14H2,1-2H3,(H,23,26). The Morgan fingerprint density at radius 1 is 1.19 bits per heavy atom. The lowest BCUT2D eigenvalue weighted by atomic mass is 10.0. The van der Waals surface area contributed by atoms with Crippen LogP contribution in [0.3, 0.4) is 0 Å². The lowest BCUT2D eigenvalue weighted by Crippen LogP contribution is -2.34. The van der Waals surface area contributed by atoms with E-state index in [-0.39, 0.29) is 41.9 Å². The number of sulfone groups is 1. The van der Waals surface area contributed by atoms with Gasteiger partial charge in [0.05, 0.1) is 29.4 Å². The fourth-order valence-corrected chi connectivity index (χ4v) is 6.14. The summed E-state index contributed by atoms with van der Waals surface area (Å²) >= 11 is 1.26. The first kappa shape index (κ1) is 23.9. The molecule has 0 radical (unpaired) electrons. The first-order chi connectivity index (χ1) is 15.2. The maximum absolute atomic E-state index is 12.6. The van der Waals surface area contributed by atoms with E-state index in [1.807, 2.05) is 0 Å². The SMILES string of the molecule is CCOC(=O)c1c(NC(=O)CCCS(=O)(=O)c2ccccc2)sc2c1CCN(C(C)=O)C2. The van der Waals surface area contributed by atoms with Crippen molar-refractivity contribution in [2.75, 3.05) is 24.2 Å². The molecular formula is C22H26N2O6S2. The monoisotopic (exact) mass is 478 g/mol. The van der Waals surface area contributed by atoms with E-state index in [1.54, 1.807) is 30.0 Å². The lowest BCUT2D eigenvalue weighted by Gasteiger charge is -2.25. The Bertz CT molecular complexity index is 1110. The van der Waals surface area contributed by atoms with Gasteiger partial charge in [-0.1, -0.05) is 18.2 Å². The van der Waals surface area contributed by atoms with Crippen LogP contribution in [-0.2, 0) is 37.1 Å². The highest BCUT2D eigenvalue weighted by atomic mass is 32.2. The van der Waals surface area contributed by atoms with Crippen molar-refractivity contribution < 1.29 is 27.5 Å². The minimum absolute atomic E-state index is 0.00351. The summed E-state index contributed by atoms with van der Waals surface area (Å²) in [5, 5.41) is 3.14. The summed E-state index contributed by atoms with van der Waals surface area (Å²) in [5.74, 6) is -1.08. The molecule has 0 atom stereocenters. The number of amides is 2. The van der Waals surface area contributed by atoms with Crippen LogP contribution in [0.25, 0.3) is 0 Å². The zero-order chi connectivity index (χ0) is 23.3. The second-order valence-corrected chi connectivity index (χ2v) is 10.6. The van der Waals surface area contributed by atoms with E-state index in [2.05, 4.69) is 5.32 Å². The summed E-state index contributed by atoms with van der Waals surface area (Å²) in [5.41, 5.74) is 1.13. The normalized spacial score (nSPS) is 13.4. The second kappa shape index (κ2) is 10.3. The summed E-state index contributed by atoms with van der Waals surface area (Å²) in [6, 6.07) is 8.11. The van der Waals surface area contributed by atoms with E-state index in [0.29, 0.717) is 30.1 Å². The number of hydrogen-bond donors (Lipinski definition) is 1. The van der Waals surface area contributed by atoms with Crippen LogP contribution in [0.2, 0.25) is 0 Å². The quantitative estimate of drug-likeness (QED) is 0.584. The van der Waals surface area contributed by atoms with Crippen molar-refractivity contribution in [2.24, 2.45) is 0 Å². The topological polar surface area (TPSA) is 110 Å². The van der Waals surface area contributed by atoms with Gasteiger partial charge in [-0.25, -0.2) is 13.2 Å². The number of nitrogens with zero attached hydrogens (tertiary/aromatic N) is 1. The molecular weight excluding hydrogens is 452 g/mol. The van der Waals surface area contributed by atoms with Gasteiger partial charge in [0.25, 0.3) is 0 Å². The van der Waals surface area contributed by atoms with Gasteiger partial charge < -0.3 is 15.0 Å². The highest BCUT2D eigenvalue weighted by Gasteiger charge is 2.30. The van der Waals surface area contributed by atoms with Gasteiger partial charge in [0.15, 0.2) is 9.84 Å². The highest BCUT2D eigenvalue weighted by molar-refractivity contribution is 7.91. The Balaban J connectivity index is 1.70. The number of thiophene rings is 1. The van der Waals surface area contributed by atoms with Gasteiger partial charge in [-0.15, -0.1) is 11.3 Å². The first-order valence-corrected chi connectivity index (χ1v) is 12.8. The Morgan fingerprint density at radius 2 is 1.91 bits per heavy atom. The molecule has 0 saturated heterocycles. The maximum atomic E-state index is 12.6. The smallest absolute Gasteiger partial charge is 0.341 e. The second-order valence-electron chi connectivity index (χ2n) is 7.40. The molecule has 8 nitrogen and oxygen atoms in total. The van der Waals surface area contributed by atoms with Crippen LogP contribution >= 0.6 is 11.3 Å². The molecule has 1 aliphatic heterocycles. The average molecular weight is 479 g/mol. The summed E-state index contributed by atoms with van der Waals surface area (Å²) in [7, 11) is -3.46. The van der Waals surface area contributed by atoms with E-state index in [0.717, 1.165) is 10.4 Å². The van der Waals surface area contributed by atoms with E-state index >= 15 is 0 Å². The van der Waals surface area contributed by atoms with Gasteiger partial charge in [0.2, 0.25) is 11.8 Å². The molecule has 2 heterocycles. The fraction of sp³-hybridized carbons (Fsp3) is 0.409. The number of nitrogens with one attached hydrogen (secondary N) is 1. The zero-order valence-corrected chi connectivity index (χ0v) is 19.7. The molecule has 0 fully saturated rings. The van der Waals surface area contributed by atoms with Crippen LogP contribution < -0.4 is 5.32 Å². The fourth-order valence-electron chi connectivity index (χ4n) is 3.54. The molecule has 2 amide bonds. The van der Waals surface area contributed by atoms with Crippen molar-refractivity contribution >= 4 is 44.0 Å². The first-order valence-electron chi connectivity index (χ1n) is 10.4. The maximum Gasteiger partial charge on any atom is 0.341 e. The summed E-state index contributed by atoms with van der Waals surface area (Å²) in [6.07, 6.45) is 0.655. The van der Waals surface area contributed by atoms with Crippen LogP contribution in [0.5, 0.6) is 0 Å². The molecule has 0 bridgehead atoms. The van der Waals surface area contributed by atoms with Crippen LogP contribution in [0.15, 0.2) is 35.2 Å². The third-order valence-electron chi connectivity index (χ3n) is 5.15. The molecule has 0 saturated carbocycles. The van der Waals surface area contributed by atoms with Crippen LogP contribution in [0.4, 0.5) is 5.00 Å². The molecule has 32 heavy (non-hydrogen) atoms. The Kier molecular flexibility index (Phi) is 7.68. The predicted molar refractivity (Wildman–Crippen MR) is 121 cm³/mol. The van der Waals surface area contributed by atoms with E-state index in [1.165, 1.54) is 30.4 Å². The largest absolute Gasteiger partial charge is 0.462 e. The molecule has 1 aromatic carbocycles. The molecule has 0 spiro atoms. The number of rotatable bonds is 8. The number of anilines is 1. The number of ether oxygens (including phenoxy) is 1. The zero-order valence-electron chi connectivity index (χ0n) is 18.0. The summed E-state index contributed by atoms with van der Waals surface area (Å²) in [4.78, 5) is 39.6. The van der Waals surface area contributed by atoms with E-state index in [9.17, 15) is 22.8 Å². The molecule has 0 aliphatic carbocycles. The third-order valence-corrected chi connectivity index (χ3v) is 8.10. The van der Waals surface area contributed by atoms with Gasteiger partial charge >= 0.3 is 5.97 Å². The van der Waals surface area contributed by atoms with Gasteiger partial charge in [0, 0.05) is 24.8 Å². The van der Waals surface area contributed by atoms with Crippen molar-refractivity contribution in [2.45, 2.75) is 44.6 Å². The average Bonchev–Trinajstić information content (AvgIpc) is 3.11. The number of carbonyl (C=O) groups is 3. The number of benzene rings is 1. The molecule has 1 aliphatic rings. The van der Waals surface area contributed by atoms with Gasteiger partial charge in [-0.3, -0.25) is 9.59 Å². The Labute approximate surface area is 191 Å². The van der Waals surface area contributed by atoms with Gasteiger partial charge in [-0.2, -0.15) is 0 Å². The van der Waals surface area contributed by atoms with Gasteiger partial charge in [0.1, 0.15) is 5.00 Å². The van der Waals surface area contributed by atoms with Crippen molar-refractivity contribution in [3.8, 4) is 0 Å². The van der Waals surface area contributed by atoms with Crippen molar-refractivity contribution in [1.29, 1.82) is 0 Å². The Morgan fingerprint density at radius 3 is 2.56 bits per heavy atom. The molecule has 3 rings (SSSR count). The third kappa shape index (κ3) is 5.55. The molecule has 172 valence electrons. The predicted octanol–water partition coefficient (Wildman–Crippen LogP) is 3.02. The van der Waals surface area contributed by atoms with Crippen molar-refractivity contribution in [3.63, 3.8) is 0 Å². The summed E-state index contributed by atoms with van der Waals surface area (Å²) in [6.45, 7) is 4.29. The minimum atomic E-state index is -3.46. The van der Waals surface area contributed by atoms with E-state index in [4.69, 9.17) is 4.74 Å². The highest BCUT2D eigenvalue weighted by Crippen LogP contribution is 2.37. The van der Waals surface area contributed by atoms with Crippen molar-refractivity contribution in [1.82, 2.24) is 4.90 Å². The van der Waals surface area contributed by atoms with Gasteiger partial charge in [-0.05, 0) is 37.5 Å². The van der Waals surface area contributed by atoms with E-state index < -0.39 is 15.8 Å². The number of carbonyl (C=O) groups excluding carboxylic acids is 3. The molecule has 10 heteroatoms.